The van der Waals surface area contributed by atoms with Gasteiger partial charge in [0.15, 0.2) is 11.6 Å². The third kappa shape index (κ3) is 3.43. The molecule has 2 rings (SSSR count). The lowest BCUT2D eigenvalue weighted by Crippen LogP contribution is -2.15. The molecule has 0 fully saturated rings. The van der Waals surface area contributed by atoms with E-state index in [0.29, 0.717) is 15.7 Å². The Bertz CT molecular complexity index is 737. The van der Waals surface area contributed by atoms with Crippen LogP contribution in [0.2, 0.25) is 0 Å². The number of amides is 1. The highest BCUT2D eigenvalue weighted by Crippen LogP contribution is 2.24. The number of hydrogen-bond acceptors (Lipinski definition) is 2. The molecule has 0 radical (unpaired) electrons. The Morgan fingerprint density at radius 2 is 1.95 bits per heavy atom. The summed E-state index contributed by atoms with van der Waals surface area (Å²) in [6.07, 6.45) is 0. The van der Waals surface area contributed by atoms with Crippen molar-refractivity contribution in [2.24, 2.45) is 5.73 Å². The van der Waals surface area contributed by atoms with Gasteiger partial charge in [-0.1, -0.05) is 18.3 Å². The van der Waals surface area contributed by atoms with Gasteiger partial charge >= 0.3 is 0 Å². The van der Waals surface area contributed by atoms with Crippen molar-refractivity contribution in [1.82, 2.24) is 0 Å². The van der Waals surface area contributed by atoms with Gasteiger partial charge in [0, 0.05) is 10.0 Å². The molecule has 0 saturated heterocycles. The largest absolute Gasteiger partial charge is 0.389 e. The van der Waals surface area contributed by atoms with Crippen LogP contribution in [0.4, 0.5) is 14.5 Å². The summed E-state index contributed by atoms with van der Waals surface area (Å²) in [5.41, 5.74) is 6.13. The molecule has 0 bridgehead atoms. The minimum Gasteiger partial charge on any atom is -0.389 e. The summed E-state index contributed by atoms with van der Waals surface area (Å²) in [6.45, 7) is 0. The van der Waals surface area contributed by atoms with Gasteiger partial charge in [-0.2, -0.15) is 0 Å². The van der Waals surface area contributed by atoms with Crippen molar-refractivity contribution >= 4 is 44.7 Å². The third-order valence-corrected chi connectivity index (χ3v) is 3.59. The summed E-state index contributed by atoms with van der Waals surface area (Å²) in [5, 5.41) is 2.48. The van der Waals surface area contributed by atoms with E-state index in [1.807, 2.05) is 0 Å². The zero-order valence-corrected chi connectivity index (χ0v) is 12.9. The molecule has 1 amide bonds. The highest BCUT2D eigenvalue weighted by atomic mass is 79.9. The Kier molecular flexibility index (Phi) is 4.64. The number of nitrogens with two attached hydrogens (primary N) is 1. The van der Waals surface area contributed by atoms with E-state index in [-0.39, 0.29) is 10.6 Å². The maximum atomic E-state index is 13.5. The molecule has 0 saturated carbocycles. The number of carbonyl (C=O) groups is 1. The van der Waals surface area contributed by atoms with Crippen LogP contribution in [0, 0.1) is 11.6 Å². The van der Waals surface area contributed by atoms with Crippen molar-refractivity contribution < 1.29 is 13.6 Å². The fourth-order valence-electron chi connectivity index (χ4n) is 1.64. The lowest BCUT2D eigenvalue weighted by Gasteiger charge is -2.09. The van der Waals surface area contributed by atoms with Crippen LogP contribution < -0.4 is 11.1 Å². The number of halogens is 3. The van der Waals surface area contributed by atoms with Gasteiger partial charge in [0.1, 0.15) is 4.99 Å². The summed E-state index contributed by atoms with van der Waals surface area (Å²) in [4.78, 5) is 12.2. The van der Waals surface area contributed by atoms with Crippen LogP contribution in [0.15, 0.2) is 40.9 Å². The average Bonchev–Trinajstić information content (AvgIpc) is 2.43. The van der Waals surface area contributed by atoms with Gasteiger partial charge < -0.3 is 11.1 Å². The summed E-state index contributed by atoms with van der Waals surface area (Å²) >= 11 is 8.09. The molecule has 0 aromatic heterocycles. The maximum absolute atomic E-state index is 13.5. The Labute approximate surface area is 133 Å². The quantitative estimate of drug-likeness (QED) is 0.811. The fraction of sp³-hybridized carbons (Fsp3) is 0. The standard InChI is InChI=1S/C14H9BrF2N2OS/c15-9-6-7(13(18)21)4-5-11(9)19-14(20)8-2-1-3-10(16)12(8)17/h1-6H,(H2,18,21)(H,19,20). The number of nitrogens with one attached hydrogen (secondary N) is 1. The van der Waals surface area contributed by atoms with Crippen LogP contribution in [-0.4, -0.2) is 10.9 Å². The predicted molar refractivity (Wildman–Crippen MR) is 84.3 cm³/mol. The lowest BCUT2D eigenvalue weighted by molar-refractivity contribution is 0.102. The van der Waals surface area contributed by atoms with Crippen LogP contribution in [-0.2, 0) is 0 Å². The van der Waals surface area contributed by atoms with E-state index < -0.39 is 17.5 Å². The zero-order chi connectivity index (χ0) is 15.6. The molecule has 0 unspecified atom stereocenters. The number of anilines is 1. The smallest absolute Gasteiger partial charge is 0.258 e. The molecule has 0 aliphatic carbocycles. The van der Waals surface area contributed by atoms with Crippen molar-refractivity contribution in [2.75, 3.05) is 5.32 Å². The maximum Gasteiger partial charge on any atom is 0.258 e. The molecule has 0 spiro atoms. The molecule has 3 nitrogen and oxygen atoms in total. The molecule has 2 aromatic carbocycles. The van der Waals surface area contributed by atoms with Gasteiger partial charge in [0.05, 0.1) is 11.3 Å². The van der Waals surface area contributed by atoms with Crippen molar-refractivity contribution in [1.29, 1.82) is 0 Å². The zero-order valence-electron chi connectivity index (χ0n) is 10.5. The number of rotatable bonds is 3. The van der Waals surface area contributed by atoms with Gasteiger partial charge in [-0.05, 0) is 46.3 Å². The van der Waals surface area contributed by atoms with Crippen LogP contribution >= 0.6 is 28.1 Å². The van der Waals surface area contributed by atoms with Gasteiger partial charge in [-0.25, -0.2) is 8.78 Å². The first-order valence-electron chi connectivity index (χ1n) is 5.75. The first kappa shape index (κ1) is 15.5. The highest BCUT2D eigenvalue weighted by molar-refractivity contribution is 9.10. The van der Waals surface area contributed by atoms with Gasteiger partial charge in [0.25, 0.3) is 5.91 Å². The second-order valence-corrected chi connectivity index (χ2v) is 5.41. The van der Waals surface area contributed by atoms with Crippen molar-refractivity contribution in [3.8, 4) is 0 Å². The number of hydrogen-bond donors (Lipinski definition) is 2. The molecular formula is C14H9BrF2N2OS. The molecule has 0 atom stereocenters. The van der Waals surface area contributed by atoms with E-state index in [1.165, 1.54) is 12.1 Å². The molecule has 2 aromatic rings. The molecule has 0 heterocycles. The van der Waals surface area contributed by atoms with E-state index in [0.717, 1.165) is 6.07 Å². The monoisotopic (exact) mass is 370 g/mol. The van der Waals surface area contributed by atoms with Gasteiger partial charge in [0.2, 0.25) is 0 Å². The Balaban J connectivity index is 2.28. The molecular weight excluding hydrogens is 362 g/mol. The van der Waals surface area contributed by atoms with Gasteiger partial charge in [-0.3, -0.25) is 4.79 Å². The highest BCUT2D eigenvalue weighted by Gasteiger charge is 2.16. The lowest BCUT2D eigenvalue weighted by atomic mass is 10.1. The number of benzene rings is 2. The first-order valence-corrected chi connectivity index (χ1v) is 6.95. The van der Waals surface area contributed by atoms with Crippen LogP contribution in [0.1, 0.15) is 15.9 Å². The van der Waals surface area contributed by atoms with E-state index in [9.17, 15) is 13.6 Å². The minimum absolute atomic E-state index is 0.213. The molecule has 7 heteroatoms. The second-order valence-electron chi connectivity index (χ2n) is 4.11. The minimum atomic E-state index is -1.19. The topological polar surface area (TPSA) is 55.1 Å². The van der Waals surface area contributed by atoms with Crippen molar-refractivity contribution in [2.45, 2.75) is 0 Å². The Morgan fingerprint density at radius 3 is 2.57 bits per heavy atom. The van der Waals surface area contributed by atoms with Crippen LogP contribution in [0.3, 0.4) is 0 Å². The van der Waals surface area contributed by atoms with Crippen LogP contribution in [0.5, 0.6) is 0 Å². The van der Waals surface area contributed by atoms with Crippen LogP contribution in [0.25, 0.3) is 0 Å². The van der Waals surface area contributed by atoms with E-state index >= 15 is 0 Å². The van der Waals surface area contributed by atoms with E-state index in [1.54, 1.807) is 18.2 Å². The summed E-state index contributed by atoms with van der Waals surface area (Å²) in [5.74, 6) is -3.02. The van der Waals surface area contributed by atoms with Crippen molar-refractivity contribution in [3.63, 3.8) is 0 Å². The molecule has 3 N–H and O–H groups in total. The predicted octanol–water partition coefficient (Wildman–Crippen LogP) is 3.61. The Morgan fingerprint density at radius 1 is 1.24 bits per heavy atom. The first-order chi connectivity index (χ1) is 9.90. The number of thiocarbonyl (C=S) groups is 1. The molecule has 108 valence electrons. The van der Waals surface area contributed by atoms with Gasteiger partial charge in [-0.15, -0.1) is 0 Å². The normalized spacial score (nSPS) is 10.2. The fourth-order valence-corrected chi connectivity index (χ4v) is 2.24. The number of carbonyl (C=O) groups excluding carboxylic acids is 1. The second kappa shape index (κ2) is 6.28. The molecule has 0 aliphatic rings. The Hall–Kier alpha value is -1.86. The molecule has 0 aliphatic heterocycles. The summed E-state index contributed by atoms with van der Waals surface area (Å²) in [7, 11) is 0. The van der Waals surface area contributed by atoms with E-state index in [4.69, 9.17) is 18.0 Å². The summed E-state index contributed by atoms with van der Waals surface area (Å²) < 4.78 is 27.2. The molecule has 21 heavy (non-hydrogen) atoms. The summed E-state index contributed by atoms with van der Waals surface area (Å²) in [6, 6.07) is 8.21. The average molecular weight is 371 g/mol. The van der Waals surface area contributed by atoms with Crippen molar-refractivity contribution in [3.05, 3.63) is 63.6 Å². The third-order valence-electron chi connectivity index (χ3n) is 2.70. The van der Waals surface area contributed by atoms with E-state index in [2.05, 4.69) is 21.2 Å². The SMILES string of the molecule is NC(=S)c1ccc(NC(=O)c2cccc(F)c2F)c(Br)c1.